The molecule has 2 heteroatoms. The molecule has 0 aromatic heterocycles. The molecule has 0 saturated heterocycles. The van der Waals surface area contributed by atoms with Crippen LogP contribution in [-0.4, -0.2) is 23.9 Å². The van der Waals surface area contributed by atoms with Gasteiger partial charge in [-0.1, -0.05) is 32.8 Å². The summed E-state index contributed by atoms with van der Waals surface area (Å²) in [6, 6.07) is 0. The minimum atomic E-state index is 0.101. The van der Waals surface area contributed by atoms with Gasteiger partial charge in [-0.05, 0) is 20.3 Å². The van der Waals surface area contributed by atoms with E-state index in [1.54, 1.807) is 6.92 Å². The van der Waals surface area contributed by atoms with Crippen LogP contribution >= 0.6 is 0 Å². The van der Waals surface area contributed by atoms with Crippen molar-refractivity contribution in [2.75, 3.05) is 13.1 Å². The highest BCUT2D eigenvalue weighted by Crippen LogP contribution is 2.04. The Morgan fingerprint density at radius 1 is 1.21 bits per heavy atom. The number of hydrogen-bond acceptors (Lipinski definition) is 1. The van der Waals surface area contributed by atoms with Gasteiger partial charge in [0, 0.05) is 18.7 Å². The van der Waals surface area contributed by atoms with Crippen molar-refractivity contribution in [3.8, 4) is 0 Å². The van der Waals surface area contributed by atoms with Gasteiger partial charge in [0.1, 0.15) is 0 Å². The van der Waals surface area contributed by atoms with E-state index in [2.05, 4.69) is 13.5 Å². The molecule has 0 N–H and O–H groups in total. The van der Waals surface area contributed by atoms with Crippen molar-refractivity contribution in [2.24, 2.45) is 0 Å². The molecule has 0 aliphatic rings. The van der Waals surface area contributed by atoms with Crippen LogP contribution in [0.4, 0.5) is 0 Å². The molecule has 0 aromatic carbocycles. The molecule has 0 unspecified atom stereocenters. The van der Waals surface area contributed by atoms with Gasteiger partial charge in [-0.3, -0.25) is 4.79 Å². The lowest BCUT2D eigenvalue weighted by atomic mass is 10.2. The molecule has 0 aliphatic heterocycles. The van der Waals surface area contributed by atoms with Crippen molar-refractivity contribution in [1.29, 1.82) is 0 Å². The van der Waals surface area contributed by atoms with Crippen LogP contribution in [0.5, 0.6) is 0 Å². The Hall–Kier alpha value is -0.790. The average Bonchev–Trinajstić information content (AvgIpc) is 2.17. The van der Waals surface area contributed by atoms with Crippen LogP contribution in [0.25, 0.3) is 0 Å². The second-order valence-corrected chi connectivity index (χ2v) is 3.73. The molecule has 82 valence electrons. The summed E-state index contributed by atoms with van der Waals surface area (Å²) < 4.78 is 0. The van der Waals surface area contributed by atoms with Crippen LogP contribution in [0.2, 0.25) is 0 Å². The Morgan fingerprint density at radius 2 is 1.86 bits per heavy atom. The molecule has 0 aromatic rings. The molecule has 0 atom stereocenters. The van der Waals surface area contributed by atoms with E-state index in [-0.39, 0.29) is 5.91 Å². The van der Waals surface area contributed by atoms with Gasteiger partial charge in [-0.15, -0.1) is 0 Å². The molecule has 0 heterocycles. The third-order valence-corrected chi connectivity index (χ3v) is 2.32. The SMILES string of the molecule is C=C(C)C(=O)N(CC)CCCCCC. The number of carbonyl (C=O) groups is 1. The number of nitrogens with zero attached hydrogens (tertiary/aromatic N) is 1. The maximum atomic E-state index is 11.6. The van der Waals surface area contributed by atoms with E-state index in [4.69, 9.17) is 0 Å². The van der Waals surface area contributed by atoms with Gasteiger partial charge in [0.2, 0.25) is 5.91 Å². The normalized spacial score (nSPS) is 9.93. The van der Waals surface area contributed by atoms with Crippen LogP contribution in [-0.2, 0) is 4.79 Å². The molecule has 0 aliphatic carbocycles. The fourth-order valence-electron chi connectivity index (χ4n) is 1.40. The summed E-state index contributed by atoms with van der Waals surface area (Å²) in [5, 5.41) is 0. The van der Waals surface area contributed by atoms with Crippen LogP contribution in [0.3, 0.4) is 0 Å². The minimum absolute atomic E-state index is 0.101. The third-order valence-electron chi connectivity index (χ3n) is 2.32. The zero-order valence-corrected chi connectivity index (χ0v) is 9.81. The minimum Gasteiger partial charge on any atom is -0.339 e. The summed E-state index contributed by atoms with van der Waals surface area (Å²) in [5.74, 6) is 0.101. The van der Waals surface area contributed by atoms with Crippen molar-refractivity contribution >= 4 is 5.91 Å². The number of rotatable bonds is 7. The number of amides is 1. The third kappa shape index (κ3) is 5.05. The van der Waals surface area contributed by atoms with Gasteiger partial charge in [0.05, 0.1) is 0 Å². The molecular weight excluding hydrogens is 174 g/mol. The van der Waals surface area contributed by atoms with Gasteiger partial charge in [-0.25, -0.2) is 0 Å². The summed E-state index contributed by atoms with van der Waals surface area (Å²) in [6.07, 6.45) is 4.83. The molecule has 0 saturated carbocycles. The Labute approximate surface area is 88.0 Å². The van der Waals surface area contributed by atoms with Crippen molar-refractivity contribution in [3.05, 3.63) is 12.2 Å². The Bertz CT molecular complexity index is 187. The van der Waals surface area contributed by atoms with E-state index in [1.807, 2.05) is 11.8 Å². The molecule has 2 nitrogen and oxygen atoms in total. The van der Waals surface area contributed by atoms with Crippen LogP contribution in [0.15, 0.2) is 12.2 Å². The Morgan fingerprint density at radius 3 is 2.29 bits per heavy atom. The Balaban J connectivity index is 3.79. The highest BCUT2D eigenvalue weighted by atomic mass is 16.2. The number of hydrogen-bond donors (Lipinski definition) is 0. The van der Waals surface area contributed by atoms with E-state index in [0.29, 0.717) is 5.57 Å². The highest BCUT2D eigenvalue weighted by molar-refractivity contribution is 5.92. The maximum Gasteiger partial charge on any atom is 0.248 e. The first-order valence-corrected chi connectivity index (χ1v) is 5.58. The van der Waals surface area contributed by atoms with Crippen LogP contribution in [0.1, 0.15) is 46.5 Å². The fraction of sp³-hybridized carbons (Fsp3) is 0.750. The standard InChI is InChI=1S/C12H23NO/c1-5-7-8-9-10-13(6-2)12(14)11(3)4/h3,5-10H2,1-2,4H3. The average molecular weight is 197 g/mol. The lowest BCUT2D eigenvalue weighted by Crippen LogP contribution is -2.32. The summed E-state index contributed by atoms with van der Waals surface area (Å²) in [4.78, 5) is 13.4. The predicted octanol–water partition coefficient (Wildman–Crippen LogP) is 2.99. The topological polar surface area (TPSA) is 20.3 Å². The zero-order chi connectivity index (χ0) is 11.0. The Kier molecular flexibility index (Phi) is 7.17. The van der Waals surface area contributed by atoms with Crippen LogP contribution in [0, 0.1) is 0 Å². The van der Waals surface area contributed by atoms with Crippen molar-refractivity contribution in [3.63, 3.8) is 0 Å². The van der Waals surface area contributed by atoms with Crippen LogP contribution < -0.4 is 0 Å². The molecule has 0 radical (unpaired) electrons. The van der Waals surface area contributed by atoms with E-state index >= 15 is 0 Å². The monoisotopic (exact) mass is 197 g/mol. The molecule has 0 rings (SSSR count). The molecule has 0 fully saturated rings. The largest absolute Gasteiger partial charge is 0.339 e. The summed E-state index contributed by atoms with van der Waals surface area (Å²) in [5.41, 5.74) is 0.641. The zero-order valence-electron chi connectivity index (χ0n) is 9.81. The van der Waals surface area contributed by atoms with Gasteiger partial charge < -0.3 is 4.90 Å². The maximum absolute atomic E-state index is 11.6. The summed E-state index contributed by atoms with van der Waals surface area (Å²) in [7, 11) is 0. The van der Waals surface area contributed by atoms with E-state index in [1.165, 1.54) is 19.3 Å². The lowest BCUT2D eigenvalue weighted by molar-refractivity contribution is -0.126. The molecule has 0 bridgehead atoms. The molecule has 0 spiro atoms. The first kappa shape index (κ1) is 13.2. The number of unbranched alkanes of at least 4 members (excludes halogenated alkanes) is 3. The van der Waals surface area contributed by atoms with Crippen molar-refractivity contribution < 1.29 is 4.79 Å². The number of likely N-dealkylation sites (N-methyl/N-ethyl adjacent to an activating group) is 1. The second-order valence-electron chi connectivity index (χ2n) is 3.73. The summed E-state index contributed by atoms with van der Waals surface area (Å²) >= 11 is 0. The van der Waals surface area contributed by atoms with Gasteiger partial charge in [-0.2, -0.15) is 0 Å². The summed E-state index contributed by atoms with van der Waals surface area (Å²) in [6.45, 7) is 11.3. The van der Waals surface area contributed by atoms with E-state index in [0.717, 1.165) is 19.5 Å². The van der Waals surface area contributed by atoms with Gasteiger partial charge in [0.25, 0.3) is 0 Å². The first-order chi connectivity index (χ1) is 6.63. The van der Waals surface area contributed by atoms with Crippen molar-refractivity contribution in [1.82, 2.24) is 4.90 Å². The molecule has 1 amide bonds. The quantitative estimate of drug-likeness (QED) is 0.454. The molecular formula is C12H23NO. The van der Waals surface area contributed by atoms with Crippen molar-refractivity contribution in [2.45, 2.75) is 46.5 Å². The predicted molar refractivity (Wildman–Crippen MR) is 61.2 cm³/mol. The lowest BCUT2D eigenvalue weighted by Gasteiger charge is -2.20. The van der Waals surface area contributed by atoms with Gasteiger partial charge >= 0.3 is 0 Å². The first-order valence-electron chi connectivity index (χ1n) is 5.58. The van der Waals surface area contributed by atoms with E-state index in [9.17, 15) is 4.79 Å². The highest BCUT2D eigenvalue weighted by Gasteiger charge is 2.10. The van der Waals surface area contributed by atoms with E-state index < -0.39 is 0 Å². The van der Waals surface area contributed by atoms with Gasteiger partial charge in [0.15, 0.2) is 0 Å². The second kappa shape index (κ2) is 7.60. The fourth-order valence-corrected chi connectivity index (χ4v) is 1.40. The smallest absolute Gasteiger partial charge is 0.248 e. The molecule has 14 heavy (non-hydrogen) atoms. The number of carbonyl (C=O) groups excluding carboxylic acids is 1.